The molecule has 2 aromatic heterocycles. The molecule has 12 heteroatoms. The smallest absolute Gasteiger partial charge is 0.264 e. The van der Waals surface area contributed by atoms with Crippen molar-refractivity contribution in [2.45, 2.75) is 65.4 Å². The maximum Gasteiger partial charge on any atom is 0.264 e. The van der Waals surface area contributed by atoms with Crippen LogP contribution in [-0.2, 0) is 21.3 Å². The average molecular weight is 685 g/mol. The summed E-state index contributed by atoms with van der Waals surface area (Å²) in [7, 11) is -4.18. The predicted octanol–water partition coefficient (Wildman–Crippen LogP) is 5.94. The normalized spacial score (nSPS) is 18.1. The van der Waals surface area contributed by atoms with E-state index in [1.165, 1.54) is 12.1 Å². The highest BCUT2D eigenvalue weighted by Crippen LogP contribution is 2.35. The summed E-state index contributed by atoms with van der Waals surface area (Å²) >= 11 is 0. The molecule has 1 saturated heterocycles. The first-order valence-electron chi connectivity index (χ1n) is 16.6. The first-order chi connectivity index (χ1) is 23.3. The van der Waals surface area contributed by atoms with Gasteiger partial charge in [-0.3, -0.25) is 9.78 Å². The lowest BCUT2D eigenvalue weighted by Crippen LogP contribution is -2.45. The monoisotopic (exact) mass is 684 g/mol. The van der Waals surface area contributed by atoms with Gasteiger partial charge in [-0.15, -0.1) is 0 Å². The molecule has 0 spiro atoms. The first-order valence-corrected chi connectivity index (χ1v) is 18.1. The SMILES string of the molecule is Cc1cccc(C)c1-c1nc2nc(c1C)OC[C@@H](CC(C)(C)C)N(Cc1ccc(N3CCOCC3)cn1)C(=O)c1cccc(c1)S(=O)(=O)N2. The van der Waals surface area contributed by atoms with Gasteiger partial charge in [0.05, 0.1) is 54.0 Å². The van der Waals surface area contributed by atoms with Crippen LogP contribution >= 0.6 is 0 Å². The number of anilines is 2. The summed E-state index contributed by atoms with van der Waals surface area (Å²) < 4.78 is 42.1. The van der Waals surface area contributed by atoms with Gasteiger partial charge in [-0.25, -0.2) is 18.1 Å². The van der Waals surface area contributed by atoms with Gasteiger partial charge in [0, 0.05) is 29.8 Å². The molecule has 2 aromatic carbocycles. The fraction of sp³-hybridized carbons (Fsp3) is 0.405. The lowest BCUT2D eigenvalue weighted by molar-refractivity contribution is 0.0508. The molecule has 49 heavy (non-hydrogen) atoms. The van der Waals surface area contributed by atoms with Crippen LogP contribution in [0.15, 0.2) is 65.7 Å². The Labute approximate surface area is 288 Å². The highest BCUT2D eigenvalue weighted by atomic mass is 32.2. The Kier molecular flexibility index (Phi) is 9.63. The van der Waals surface area contributed by atoms with E-state index in [1.807, 2.05) is 57.3 Å². The van der Waals surface area contributed by atoms with Crippen LogP contribution in [0.5, 0.6) is 5.88 Å². The summed E-state index contributed by atoms with van der Waals surface area (Å²) in [6.45, 7) is 15.5. The Hall–Kier alpha value is -4.55. The highest BCUT2D eigenvalue weighted by molar-refractivity contribution is 7.92. The summed E-state index contributed by atoms with van der Waals surface area (Å²) in [4.78, 5) is 32.4. The van der Waals surface area contributed by atoms with Crippen molar-refractivity contribution in [1.82, 2.24) is 19.9 Å². The number of sulfonamides is 1. The van der Waals surface area contributed by atoms with E-state index in [1.54, 1.807) is 17.0 Å². The van der Waals surface area contributed by atoms with Gasteiger partial charge in [0.15, 0.2) is 0 Å². The molecule has 4 heterocycles. The Morgan fingerprint density at radius 3 is 2.35 bits per heavy atom. The summed E-state index contributed by atoms with van der Waals surface area (Å²) in [6.07, 6.45) is 2.43. The van der Waals surface area contributed by atoms with Crippen LogP contribution in [-0.4, -0.2) is 73.1 Å². The number of carbonyl (C=O) groups is 1. The number of carbonyl (C=O) groups excluding carboxylic acids is 1. The third-order valence-corrected chi connectivity index (χ3v) is 10.2. The lowest BCUT2D eigenvalue weighted by Gasteiger charge is -2.36. The maximum absolute atomic E-state index is 14.5. The van der Waals surface area contributed by atoms with Gasteiger partial charge >= 0.3 is 0 Å². The summed E-state index contributed by atoms with van der Waals surface area (Å²) in [5.74, 6) is -0.183. The predicted molar refractivity (Wildman–Crippen MR) is 189 cm³/mol. The molecule has 6 rings (SSSR count). The van der Waals surface area contributed by atoms with Crippen molar-refractivity contribution in [3.63, 3.8) is 0 Å². The molecule has 1 atom stereocenters. The minimum Gasteiger partial charge on any atom is -0.475 e. The molecule has 2 aliphatic heterocycles. The number of hydrogen-bond donors (Lipinski definition) is 1. The maximum atomic E-state index is 14.5. The van der Waals surface area contributed by atoms with Gasteiger partial charge in [0.25, 0.3) is 15.9 Å². The van der Waals surface area contributed by atoms with Crippen LogP contribution in [0.1, 0.15) is 59.9 Å². The van der Waals surface area contributed by atoms with E-state index in [9.17, 15) is 13.2 Å². The zero-order valence-electron chi connectivity index (χ0n) is 29.0. The fourth-order valence-corrected chi connectivity index (χ4v) is 7.45. The van der Waals surface area contributed by atoms with Crippen molar-refractivity contribution in [1.29, 1.82) is 0 Å². The van der Waals surface area contributed by atoms with Crippen LogP contribution in [0.3, 0.4) is 0 Å². The van der Waals surface area contributed by atoms with E-state index in [0.717, 1.165) is 35.5 Å². The van der Waals surface area contributed by atoms with E-state index in [2.05, 4.69) is 35.4 Å². The van der Waals surface area contributed by atoms with Crippen molar-refractivity contribution < 1.29 is 22.7 Å². The fourth-order valence-electron chi connectivity index (χ4n) is 6.46. The Bertz CT molecular complexity index is 1930. The summed E-state index contributed by atoms with van der Waals surface area (Å²) in [5.41, 5.74) is 5.86. The zero-order chi connectivity index (χ0) is 34.9. The number of amides is 1. The van der Waals surface area contributed by atoms with E-state index in [-0.39, 0.29) is 46.8 Å². The first kappa shape index (κ1) is 34.3. The van der Waals surface area contributed by atoms with Gasteiger partial charge < -0.3 is 19.3 Å². The van der Waals surface area contributed by atoms with Crippen LogP contribution < -0.4 is 14.4 Å². The number of benzene rings is 2. The molecule has 0 radical (unpaired) electrons. The minimum atomic E-state index is -4.18. The van der Waals surface area contributed by atoms with Crippen molar-refractivity contribution in [2.75, 3.05) is 42.5 Å². The van der Waals surface area contributed by atoms with Crippen LogP contribution in [0.2, 0.25) is 0 Å². The van der Waals surface area contributed by atoms with Crippen LogP contribution in [0.4, 0.5) is 11.6 Å². The molecule has 1 amide bonds. The molecular formula is C37H44N6O5S. The second-order valence-electron chi connectivity index (χ2n) is 14.0. The number of aromatic nitrogens is 3. The van der Waals surface area contributed by atoms with Gasteiger partial charge in [-0.1, -0.05) is 45.0 Å². The molecule has 4 aromatic rings. The minimum absolute atomic E-state index is 0.0711. The molecule has 4 bridgehead atoms. The highest BCUT2D eigenvalue weighted by Gasteiger charge is 2.32. The van der Waals surface area contributed by atoms with Crippen molar-refractivity contribution >= 4 is 27.6 Å². The topological polar surface area (TPSA) is 127 Å². The largest absolute Gasteiger partial charge is 0.475 e. The Balaban J connectivity index is 1.46. The van der Waals surface area contributed by atoms with E-state index in [0.29, 0.717) is 36.6 Å². The van der Waals surface area contributed by atoms with Gasteiger partial charge in [-0.2, -0.15) is 4.98 Å². The van der Waals surface area contributed by atoms with Crippen LogP contribution in [0.25, 0.3) is 11.3 Å². The lowest BCUT2D eigenvalue weighted by atomic mass is 9.87. The molecule has 0 aliphatic carbocycles. The van der Waals surface area contributed by atoms with Crippen molar-refractivity contribution in [3.05, 3.63) is 88.7 Å². The molecule has 11 nitrogen and oxygen atoms in total. The molecule has 2 aliphatic rings. The summed E-state index contributed by atoms with van der Waals surface area (Å²) in [5, 5.41) is 0. The molecule has 0 unspecified atom stereocenters. The van der Waals surface area contributed by atoms with Gasteiger partial charge in [0.2, 0.25) is 11.8 Å². The van der Waals surface area contributed by atoms with E-state index < -0.39 is 16.1 Å². The summed E-state index contributed by atoms with van der Waals surface area (Å²) in [6, 6.07) is 15.6. The average Bonchev–Trinajstić information content (AvgIpc) is 3.07. The van der Waals surface area contributed by atoms with Crippen molar-refractivity contribution in [3.8, 4) is 17.1 Å². The number of nitrogens with zero attached hydrogens (tertiary/aromatic N) is 5. The number of nitrogens with one attached hydrogen (secondary N) is 1. The number of rotatable bonds is 5. The molecular weight excluding hydrogens is 641 g/mol. The molecule has 258 valence electrons. The third-order valence-electron chi connectivity index (χ3n) is 8.92. The Morgan fingerprint density at radius 1 is 0.959 bits per heavy atom. The second kappa shape index (κ2) is 13.8. The zero-order valence-corrected chi connectivity index (χ0v) is 29.8. The number of morpholine rings is 1. The number of hydrogen-bond acceptors (Lipinski definition) is 9. The molecule has 0 saturated carbocycles. The van der Waals surface area contributed by atoms with Crippen LogP contribution in [0, 0.1) is 26.2 Å². The standard InChI is InChI=1S/C37H44N6O5S/c1-24-9-7-10-25(2)32(24)33-26(3)34-40-36(39-33)41-49(45,46)31-12-8-11-27(19-31)35(44)43(30(23-48-34)20-37(4,5)6)22-28-13-14-29(21-38-28)42-15-17-47-18-16-42/h7-14,19,21,30H,15-18,20,22-23H2,1-6H3,(H,39,40,41)/t30-/m1/s1. The second-order valence-corrected chi connectivity index (χ2v) is 15.7. The number of pyridine rings is 1. The molecule has 1 N–H and O–H groups in total. The number of ether oxygens (including phenoxy) is 2. The van der Waals surface area contributed by atoms with Crippen molar-refractivity contribution in [2.24, 2.45) is 5.41 Å². The number of fused-ring (bicyclic) bond motifs is 4. The number of aryl methyl sites for hydroxylation is 2. The third kappa shape index (κ3) is 7.70. The quantitative estimate of drug-likeness (QED) is 0.272. The van der Waals surface area contributed by atoms with Gasteiger partial charge in [-0.05, 0) is 74.1 Å². The van der Waals surface area contributed by atoms with E-state index in [4.69, 9.17) is 19.4 Å². The molecule has 1 fully saturated rings. The Morgan fingerprint density at radius 2 is 1.67 bits per heavy atom. The van der Waals surface area contributed by atoms with E-state index >= 15 is 0 Å². The van der Waals surface area contributed by atoms with Gasteiger partial charge in [0.1, 0.15) is 6.61 Å².